The van der Waals surface area contributed by atoms with Gasteiger partial charge in [-0.05, 0) is 12.5 Å². The van der Waals surface area contributed by atoms with Crippen LogP contribution in [0.15, 0.2) is 12.1 Å². The summed E-state index contributed by atoms with van der Waals surface area (Å²) in [7, 11) is 0. The Kier molecular flexibility index (Phi) is 3.50. The maximum absolute atomic E-state index is 10.9. The molecule has 16 heavy (non-hydrogen) atoms. The minimum Gasteiger partial charge on any atom is -0.508 e. The Morgan fingerprint density at radius 3 is 1.75 bits per heavy atom. The molecule has 86 valence electrons. The largest absolute Gasteiger partial charge is 0.508 e. The topological polar surface area (TPSA) is 78.4 Å². The normalized spacial score (nSPS) is 9.69. The van der Waals surface area contributed by atoms with Gasteiger partial charge in [0.15, 0.2) is 0 Å². The average Bonchev–Trinajstić information content (AvgIpc) is 2.11. The molecule has 0 bridgehead atoms. The monoisotopic (exact) mass is 222 g/mol. The highest BCUT2D eigenvalue weighted by molar-refractivity contribution is 5.94. The molecular weight excluding hydrogens is 208 g/mol. The van der Waals surface area contributed by atoms with Gasteiger partial charge in [-0.3, -0.25) is 9.59 Å². The fourth-order valence-electron chi connectivity index (χ4n) is 1.34. The number of benzene rings is 1. The van der Waals surface area contributed by atoms with E-state index in [1.165, 1.54) is 26.0 Å². The number of hydrogen-bond acceptors (Lipinski definition) is 3. The molecule has 2 amide bonds. The van der Waals surface area contributed by atoms with Crippen LogP contribution in [0.3, 0.4) is 0 Å². The van der Waals surface area contributed by atoms with Gasteiger partial charge in [0.05, 0.1) is 0 Å². The van der Waals surface area contributed by atoms with Crippen LogP contribution in [0, 0.1) is 6.92 Å². The predicted molar refractivity (Wildman–Crippen MR) is 61.5 cm³/mol. The number of phenolic OH excluding ortho intramolecular Hbond substituents is 1. The van der Waals surface area contributed by atoms with Crippen LogP contribution in [0.25, 0.3) is 0 Å². The zero-order chi connectivity index (χ0) is 12.3. The first-order valence-electron chi connectivity index (χ1n) is 4.79. The number of hydrogen-bond donors (Lipinski definition) is 3. The summed E-state index contributed by atoms with van der Waals surface area (Å²) in [4.78, 5) is 21.9. The summed E-state index contributed by atoms with van der Waals surface area (Å²) < 4.78 is 0. The number of anilines is 2. The van der Waals surface area contributed by atoms with Crippen molar-refractivity contribution in [2.24, 2.45) is 0 Å². The Balaban J connectivity index is 3.14. The first-order valence-corrected chi connectivity index (χ1v) is 4.79. The molecule has 5 nitrogen and oxygen atoms in total. The third-order valence-corrected chi connectivity index (χ3v) is 2.01. The van der Waals surface area contributed by atoms with Crippen LogP contribution >= 0.6 is 0 Å². The van der Waals surface area contributed by atoms with Crippen molar-refractivity contribution in [1.82, 2.24) is 0 Å². The minimum absolute atomic E-state index is 0.0156. The van der Waals surface area contributed by atoms with E-state index >= 15 is 0 Å². The van der Waals surface area contributed by atoms with Crippen molar-refractivity contribution in [1.29, 1.82) is 0 Å². The molecule has 0 aliphatic carbocycles. The molecule has 3 N–H and O–H groups in total. The molecule has 0 radical (unpaired) electrons. The number of carbonyl (C=O) groups is 2. The average molecular weight is 222 g/mol. The van der Waals surface area contributed by atoms with Crippen molar-refractivity contribution in [2.75, 3.05) is 10.6 Å². The molecule has 1 aromatic rings. The van der Waals surface area contributed by atoms with Gasteiger partial charge in [0.2, 0.25) is 11.8 Å². The first-order chi connectivity index (χ1) is 7.40. The van der Waals surface area contributed by atoms with E-state index in [0.29, 0.717) is 16.9 Å². The summed E-state index contributed by atoms with van der Waals surface area (Å²) in [6.07, 6.45) is 0. The summed E-state index contributed by atoms with van der Waals surface area (Å²) >= 11 is 0. The van der Waals surface area contributed by atoms with Crippen molar-refractivity contribution in [3.63, 3.8) is 0 Å². The predicted octanol–water partition coefficient (Wildman–Crippen LogP) is 1.62. The van der Waals surface area contributed by atoms with Crippen molar-refractivity contribution in [3.05, 3.63) is 17.7 Å². The van der Waals surface area contributed by atoms with E-state index in [4.69, 9.17) is 0 Å². The number of nitrogens with one attached hydrogen (secondary N) is 2. The maximum atomic E-state index is 10.9. The summed E-state index contributed by atoms with van der Waals surface area (Å²) in [5.74, 6) is -0.483. The Hall–Kier alpha value is -2.04. The molecule has 0 spiro atoms. The molecule has 0 heterocycles. The molecule has 1 aromatic carbocycles. The molecule has 0 aromatic heterocycles. The summed E-state index contributed by atoms with van der Waals surface area (Å²) in [5, 5.41) is 14.6. The molecule has 0 aliphatic rings. The van der Waals surface area contributed by atoms with Gasteiger partial charge in [0, 0.05) is 37.4 Å². The second-order valence-electron chi connectivity index (χ2n) is 3.53. The van der Waals surface area contributed by atoms with Crippen LogP contribution < -0.4 is 10.6 Å². The maximum Gasteiger partial charge on any atom is 0.221 e. The number of rotatable bonds is 2. The van der Waals surface area contributed by atoms with Gasteiger partial charge in [0.1, 0.15) is 5.75 Å². The molecule has 0 atom stereocenters. The van der Waals surface area contributed by atoms with Crippen molar-refractivity contribution in [3.8, 4) is 5.75 Å². The lowest BCUT2D eigenvalue weighted by Crippen LogP contribution is -2.11. The number of aromatic hydroxyl groups is 1. The van der Waals surface area contributed by atoms with Crippen LogP contribution in [-0.2, 0) is 9.59 Å². The standard InChI is InChI=1S/C11H14N2O3/c1-6-10(12-7(2)14)4-9(16)5-11(6)13-8(3)15/h4-5,16H,1-3H3,(H,12,14)(H,13,15). The fraction of sp³-hybridized carbons (Fsp3) is 0.273. The highest BCUT2D eigenvalue weighted by Crippen LogP contribution is 2.29. The molecule has 1 rings (SSSR count). The van der Waals surface area contributed by atoms with Gasteiger partial charge in [-0.25, -0.2) is 0 Å². The Bertz CT molecular complexity index is 404. The van der Waals surface area contributed by atoms with Crippen LogP contribution in [0.2, 0.25) is 0 Å². The van der Waals surface area contributed by atoms with E-state index in [1.54, 1.807) is 6.92 Å². The molecular formula is C11H14N2O3. The molecule has 0 unspecified atom stereocenters. The summed E-state index contributed by atoms with van der Waals surface area (Å²) in [6, 6.07) is 2.87. The quantitative estimate of drug-likeness (QED) is 0.711. The highest BCUT2D eigenvalue weighted by Gasteiger charge is 2.09. The van der Waals surface area contributed by atoms with E-state index in [0.717, 1.165) is 0 Å². The second-order valence-corrected chi connectivity index (χ2v) is 3.53. The smallest absolute Gasteiger partial charge is 0.221 e. The Labute approximate surface area is 93.5 Å². The van der Waals surface area contributed by atoms with Gasteiger partial charge in [-0.2, -0.15) is 0 Å². The van der Waals surface area contributed by atoms with E-state index in [-0.39, 0.29) is 17.6 Å². The van der Waals surface area contributed by atoms with Crippen molar-refractivity contribution >= 4 is 23.2 Å². The van der Waals surface area contributed by atoms with Crippen molar-refractivity contribution < 1.29 is 14.7 Å². The fourth-order valence-corrected chi connectivity index (χ4v) is 1.34. The van der Waals surface area contributed by atoms with Gasteiger partial charge >= 0.3 is 0 Å². The lowest BCUT2D eigenvalue weighted by molar-refractivity contribution is -0.115. The highest BCUT2D eigenvalue weighted by atomic mass is 16.3. The van der Waals surface area contributed by atoms with E-state index in [9.17, 15) is 14.7 Å². The Morgan fingerprint density at radius 2 is 1.44 bits per heavy atom. The van der Waals surface area contributed by atoms with E-state index < -0.39 is 0 Å². The minimum atomic E-state index is -0.234. The number of phenols is 1. The van der Waals surface area contributed by atoms with Crippen LogP contribution in [0.1, 0.15) is 19.4 Å². The zero-order valence-corrected chi connectivity index (χ0v) is 9.42. The Morgan fingerprint density at radius 1 is 1.06 bits per heavy atom. The molecule has 0 saturated carbocycles. The SMILES string of the molecule is CC(=O)Nc1cc(O)cc(NC(C)=O)c1C. The summed E-state index contributed by atoms with van der Waals surface area (Å²) in [5.41, 5.74) is 1.66. The van der Waals surface area contributed by atoms with Gasteiger partial charge < -0.3 is 15.7 Å². The van der Waals surface area contributed by atoms with Crippen LogP contribution in [-0.4, -0.2) is 16.9 Å². The summed E-state index contributed by atoms with van der Waals surface area (Å²) in [6.45, 7) is 4.50. The van der Waals surface area contributed by atoms with Crippen molar-refractivity contribution in [2.45, 2.75) is 20.8 Å². The molecule has 0 aliphatic heterocycles. The molecule has 0 fully saturated rings. The molecule has 0 saturated heterocycles. The molecule has 5 heteroatoms. The van der Waals surface area contributed by atoms with E-state index in [1.807, 2.05) is 0 Å². The van der Waals surface area contributed by atoms with E-state index in [2.05, 4.69) is 10.6 Å². The lowest BCUT2D eigenvalue weighted by Gasteiger charge is -2.12. The first kappa shape index (κ1) is 12.0. The number of carbonyl (C=O) groups excluding carboxylic acids is 2. The van der Waals surface area contributed by atoms with Gasteiger partial charge in [-0.15, -0.1) is 0 Å². The van der Waals surface area contributed by atoms with Gasteiger partial charge in [-0.1, -0.05) is 0 Å². The third-order valence-electron chi connectivity index (χ3n) is 2.01. The zero-order valence-electron chi connectivity index (χ0n) is 9.42. The number of amides is 2. The lowest BCUT2D eigenvalue weighted by atomic mass is 10.1. The van der Waals surface area contributed by atoms with Crippen LogP contribution in [0.5, 0.6) is 5.75 Å². The van der Waals surface area contributed by atoms with Crippen LogP contribution in [0.4, 0.5) is 11.4 Å². The van der Waals surface area contributed by atoms with Gasteiger partial charge in [0.25, 0.3) is 0 Å². The second kappa shape index (κ2) is 4.65. The third kappa shape index (κ3) is 2.98.